The van der Waals surface area contributed by atoms with Gasteiger partial charge in [0, 0.05) is 88.8 Å². The van der Waals surface area contributed by atoms with Gasteiger partial charge in [0.15, 0.2) is 18.9 Å². The first-order valence-electron chi connectivity index (χ1n) is 41.4. The molecule has 21 aromatic rings. The van der Waals surface area contributed by atoms with E-state index in [-0.39, 0.29) is 11.8 Å². The average molecular weight is 1790 g/mol. The van der Waals surface area contributed by atoms with Gasteiger partial charge < -0.3 is 9.80 Å². The molecule has 9 aromatic heterocycles. The number of rotatable bonds is 22. The number of anilines is 6. The molecule has 0 aliphatic rings. The number of hydrogen-bond acceptors (Lipinski definition) is 14. The number of hydrogen-bond donors (Lipinski definition) is 0. The standard InChI is InChI=1S/C49H35NS3.C30H20OS3.C20H19N.C10H4O2S3.CH3F/c1-5-13-37(14-6-1)47(38-15-7-2-8-16-38)39-27-21-35(22-28-39)25-31-43-33-45-48(51-43)49-46(53-45)34-44(52-49)32-26-36-23-29-42(30-24-36)50(40-17-9-3-10-18-40)41-19-11-4-12-20-41;31-19-25-18-27-30(33-25)29-26(34-27)17-24(32-29)16-13-20-11-14-23(15-12-20)28(21-7-3-1-4-8-21)22-9-5-2-6-10-22;1-2-17-13-15-20(16-14-17)21(18-9-5-3-6-10-18)19-11-7-4-8-12-19;11-3-5-1-7-9(13-5)10-8(15-7)2-6(4-12)14-10;1-2/h1-34,47H;1-19,28H;3-16H,2H2,1H3;1-4H;1H3/b31-25+,32-26+;16-13+;;;/i;;;;1D. The summed E-state index contributed by atoms with van der Waals surface area (Å²) in [4.78, 5) is 43.1. The molecule has 610 valence electrons. The molecular formula is C110H81FN2O3S9. The minimum Gasteiger partial charge on any atom is -0.311 e. The molecule has 21 rings (SSSR count). The van der Waals surface area contributed by atoms with Crippen LogP contribution in [0.3, 0.4) is 0 Å². The van der Waals surface area contributed by atoms with Gasteiger partial charge in [0.2, 0.25) is 0 Å². The maximum absolute atomic E-state index is 11.1. The summed E-state index contributed by atoms with van der Waals surface area (Å²) in [5, 5.41) is 0. The Hall–Kier alpha value is -12.7. The lowest BCUT2D eigenvalue weighted by Gasteiger charge is -2.25. The van der Waals surface area contributed by atoms with Gasteiger partial charge in [-0.1, -0.05) is 292 Å². The minimum atomic E-state index is -1.00. The van der Waals surface area contributed by atoms with Crippen LogP contribution >= 0.6 is 102 Å². The fraction of sp³-hybridized carbons (Fsp3) is 0.0455. The summed E-state index contributed by atoms with van der Waals surface area (Å²) in [5.74, 6) is 0.429. The largest absolute Gasteiger partial charge is 0.311 e. The van der Waals surface area contributed by atoms with Crippen LogP contribution in [-0.2, 0) is 6.42 Å². The van der Waals surface area contributed by atoms with Crippen LogP contribution in [0.25, 0.3) is 92.9 Å². The fourth-order valence-electron chi connectivity index (χ4n) is 15.2. The van der Waals surface area contributed by atoms with E-state index < -0.39 is 7.15 Å². The summed E-state index contributed by atoms with van der Waals surface area (Å²) in [7, 11) is -1.00. The summed E-state index contributed by atoms with van der Waals surface area (Å²) in [6.07, 6.45) is 17.1. The molecule has 5 nitrogen and oxygen atoms in total. The van der Waals surface area contributed by atoms with Crippen LogP contribution in [0.4, 0.5) is 38.5 Å². The maximum Gasteiger partial charge on any atom is 0.160 e. The van der Waals surface area contributed by atoms with Gasteiger partial charge in [0.25, 0.3) is 0 Å². The Bertz CT molecular complexity index is 6820. The van der Waals surface area contributed by atoms with Crippen molar-refractivity contribution >= 4 is 248 Å². The molecule has 0 spiro atoms. The lowest BCUT2D eigenvalue weighted by atomic mass is 9.85. The molecule has 0 aliphatic heterocycles. The van der Waals surface area contributed by atoms with Crippen molar-refractivity contribution < 1.29 is 20.1 Å². The number of carbonyl (C=O) groups excluding carboxylic acids is 3. The summed E-state index contributed by atoms with van der Waals surface area (Å²) in [5.41, 5.74) is 19.7. The van der Waals surface area contributed by atoms with Crippen LogP contribution < -0.4 is 9.80 Å². The van der Waals surface area contributed by atoms with Crippen molar-refractivity contribution in [2.75, 3.05) is 17.0 Å². The van der Waals surface area contributed by atoms with E-state index in [1.165, 1.54) is 148 Å². The first kappa shape index (κ1) is 83.2. The van der Waals surface area contributed by atoms with Crippen molar-refractivity contribution in [2.24, 2.45) is 0 Å². The molecule has 0 radical (unpaired) electrons. The number of aryl methyl sites for hydroxylation is 1. The Balaban J connectivity index is 0.000000130. The first-order chi connectivity index (χ1) is 62.1. The third-order valence-electron chi connectivity index (χ3n) is 21.1. The monoisotopic (exact) mass is 1790 g/mol. The van der Waals surface area contributed by atoms with E-state index in [4.69, 9.17) is 1.37 Å². The van der Waals surface area contributed by atoms with Crippen molar-refractivity contribution in [3.05, 3.63) is 461 Å². The smallest absolute Gasteiger partial charge is 0.160 e. The highest BCUT2D eigenvalue weighted by molar-refractivity contribution is 7.40. The second-order valence-corrected chi connectivity index (χ2v) is 38.9. The molecule has 0 saturated heterocycles. The Kier molecular flexibility index (Phi) is 27.1. The number of thiophene rings is 9. The zero-order chi connectivity index (χ0) is 85.9. The van der Waals surface area contributed by atoms with Crippen molar-refractivity contribution in [1.82, 2.24) is 0 Å². The highest BCUT2D eigenvalue weighted by Crippen LogP contribution is 2.48. The predicted octanol–water partition coefficient (Wildman–Crippen LogP) is 34.6. The van der Waals surface area contributed by atoms with Crippen molar-refractivity contribution in [2.45, 2.75) is 25.2 Å². The van der Waals surface area contributed by atoms with Gasteiger partial charge in [-0.3, -0.25) is 18.8 Å². The molecule has 0 atom stereocenters. The number of para-hydroxylation sites is 4. The molecule has 9 heterocycles. The van der Waals surface area contributed by atoms with Gasteiger partial charge in [-0.15, -0.1) is 102 Å². The molecule has 0 bridgehead atoms. The van der Waals surface area contributed by atoms with Gasteiger partial charge in [0.05, 0.1) is 51.4 Å². The number of halogens is 1. The summed E-state index contributed by atoms with van der Waals surface area (Å²) >= 11 is 15.5. The lowest BCUT2D eigenvalue weighted by Crippen LogP contribution is -2.09. The SMILES string of the molecule is C(=C\c1cc2sc3cc(/C=C/c4ccc(N(c5ccccc5)c5ccccc5)cc4)sc3c2s1)/c1ccc(C(c2ccccc2)c2ccccc2)cc1.CCc1ccc(N(c2ccccc2)c2ccccc2)cc1.O=Cc1cc2sc3cc(/C=C/c4ccc(C(c5ccccc5)c5ccccc5)cc4)sc3c2s1.O=Cc1cc2sc3cc(C=O)sc3c2s1.[2H]CF. The van der Waals surface area contributed by atoms with Crippen LogP contribution in [0.15, 0.2) is 376 Å². The molecule has 125 heavy (non-hydrogen) atoms. The topological polar surface area (TPSA) is 57.7 Å². The van der Waals surface area contributed by atoms with Crippen molar-refractivity contribution in [3.8, 4) is 0 Å². The molecule has 15 heteroatoms. The van der Waals surface area contributed by atoms with E-state index in [1.54, 1.807) is 45.3 Å². The number of nitrogens with zero attached hydrogens (tertiary/aromatic N) is 2. The number of benzene rings is 12. The van der Waals surface area contributed by atoms with E-state index in [1.807, 2.05) is 64.3 Å². The van der Waals surface area contributed by atoms with Gasteiger partial charge in [-0.05, 0) is 189 Å². The molecule has 12 aromatic carbocycles. The average Bonchev–Trinajstić information content (AvgIpc) is 1.62. The maximum atomic E-state index is 11.1. The van der Waals surface area contributed by atoms with Crippen LogP contribution in [0, 0.1) is 0 Å². The van der Waals surface area contributed by atoms with E-state index >= 15 is 0 Å². The zero-order valence-electron chi connectivity index (χ0n) is 68.7. The third-order valence-corrected chi connectivity index (χ3v) is 32.1. The van der Waals surface area contributed by atoms with E-state index in [0.717, 1.165) is 75.8 Å². The minimum absolute atomic E-state index is 0.212. The number of alkyl halides is 1. The van der Waals surface area contributed by atoms with Crippen LogP contribution in [0.1, 0.15) is 119 Å². The summed E-state index contributed by atoms with van der Waals surface area (Å²) < 4.78 is 30.6. The first-order valence-corrected chi connectivity index (χ1v) is 48.0. The lowest BCUT2D eigenvalue weighted by molar-refractivity contribution is 0.111. The molecule has 0 amide bonds. The molecule has 0 unspecified atom stereocenters. The Morgan fingerprint density at radius 2 is 0.456 bits per heavy atom. The summed E-state index contributed by atoms with van der Waals surface area (Å²) in [6, 6.07) is 133. The van der Waals surface area contributed by atoms with Crippen LogP contribution in [0.2, 0.25) is 0 Å². The Morgan fingerprint density at radius 3 is 0.696 bits per heavy atom. The second-order valence-electron chi connectivity index (χ2n) is 29.2. The third kappa shape index (κ3) is 19.9. The van der Waals surface area contributed by atoms with Gasteiger partial charge in [-0.25, -0.2) is 0 Å². The fourth-order valence-corrected chi connectivity index (χ4v) is 26.5. The van der Waals surface area contributed by atoms with E-state index in [9.17, 15) is 18.8 Å². The Morgan fingerprint density at radius 1 is 0.256 bits per heavy atom. The summed E-state index contributed by atoms with van der Waals surface area (Å²) in [6.45, 7) is 2.18. The van der Waals surface area contributed by atoms with Crippen LogP contribution in [-0.4, -0.2) is 26.0 Å². The zero-order valence-corrected chi connectivity index (χ0v) is 75.1. The van der Waals surface area contributed by atoms with E-state index in [2.05, 4.69) is 399 Å². The second kappa shape index (κ2) is 40.7. The van der Waals surface area contributed by atoms with Gasteiger partial charge >= 0.3 is 0 Å². The van der Waals surface area contributed by atoms with Gasteiger partial charge in [-0.2, -0.15) is 0 Å². The van der Waals surface area contributed by atoms with Crippen LogP contribution in [0.5, 0.6) is 0 Å². The molecule has 0 fully saturated rings. The number of carbonyl (C=O) groups is 3. The Labute approximate surface area is 764 Å². The number of fused-ring (bicyclic) bond motifs is 9. The molecular weight excluding hydrogens is 1700 g/mol. The molecule has 0 N–H and O–H groups in total. The van der Waals surface area contributed by atoms with Gasteiger partial charge in [0.1, 0.15) is 0 Å². The van der Waals surface area contributed by atoms with Crippen molar-refractivity contribution in [1.29, 1.82) is 0 Å². The molecule has 0 saturated carbocycles. The highest BCUT2D eigenvalue weighted by Gasteiger charge is 2.21. The quantitative estimate of drug-likeness (QED) is 0.0500. The van der Waals surface area contributed by atoms with E-state index in [0.29, 0.717) is 0 Å². The predicted molar refractivity (Wildman–Crippen MR) is 547 cm³/mol. The van der Waals surface area contributed by atoms with Crippen molar-refractivity contribution in [3.63, 3.8) is 0 Å². The highest BCUT2D eigenvalue weighted by atomic mass is 32.1. The normalized spacial score (nSPS) is 11.4. The number of aldehydes is 3. The molecule has 0 aliphatic carbocycles.